The first kappa shape index (κ1) is 12.0. The molecule has 0 amide bonds. The summed E-state index contributed by atoms with van der Waals surface area (Å²) < 4.78 is 5.12. The number of rotatable bonds is 6. The molecule has 0 bridgehead atoms. The van der Waals surface area contributed by atoms with Gasteiger partial charge in [-0.15, -0.1) is 0 Å². The van der Waals surface area contributed by atoms with E-state index in [9.17, 15) is 0 Å². The molecule has 0 aromatic heterocycles. The molecule has 1 aliphatic carbocycles. The molecule has 0 heterocycles. The minimum absolute atomic E-state index is 0.665. The van der Waals surface area contributed by atoms with Gasteiger partial charge in [-0.25, -0.2) is 0 Å². The average molecular weight is 199 g/mol. The second-order valence-corrected chi connectivity index (χ2v) is 4.51. The summed E-state index contributed by atoms with van der Waals surface area (Å²) in [4.78, 5) is 0. The Bertz CT molecular complexity index is 132. The highest BCUT2D eigenvalue weighted by Gasteiger charge is 2.17. The maximum Gasteiger partial charge on any atom is 0.0477 e. The average Bonchev–Trinajstić information content (AvgIpc) is 2.25. The van der Waals surface area contributed by atoms with Gasteiger partial charge in [-0.1, -0.05) is 32.1 Å². The summed E-state index contributed by atoms with van der Waals surface area (Å²) in [6.07, 6.45) is 9.76. The zero-order chi connectivity index (χ0) is 10.2. The van der Waals surface area contributed by atoms with Gasteiger partial charge in [0.2, 0.25) is 0 Å². The predicted molar refractivity (Wildman–Crippen MR) is 60.5 cm³/mol. The fraction of sp³-hybridized carbons (Fsp3) is 1.00. The van der Waals surface area contributed by atoms with Crippen LogP contribution in [0.15, 0.2) is 0 Å². The molecule has 0 aliphatic heterocycles. The molecule has 1 unspecified atom stereocenters. The van der Waals surface area contributed by atoms with Gasteiger partial charge >= 0.3 is 0 Å². The fourth-order valence-corrected chi connectivity index (χ4v) is 2.47. The van der Waals surface area contributed by atoms with Crippen molar-refractivity contribution in [3.05, 3.63) is 0 Å². The first-order valence-corrected chi connectivity index (χ1v) is 6.03. The molecule has 0 spiro atoms. The van der Waals surface area contributed by atoms with Crippen LogP contribution in [0.25, 0.3) is 0 Å². The van der Waals surface area contributed by atoms with Crippen molar-refractivity contribution >= 4 is 0 Å². The van der Waals surface area contributed by atoms with Gasteiger partial charge in [-0.2, -0.15) is 0 Å². The van der Waals surface area contributed by atoms with Crippen LogP contribution >= 0.6 is 0 Å². The molecule has 1 aliphatic rings. The number of methoxy groups -OCH3 is 1. The lowest BCUT2D eigenvalue weighted by atomic mass is 9.84. The summed E-state index contributed by atoms with van der Waals surface area (Å²) in [5, 5.41) is 3.40. The van der Waals surface area contributed by atoms with Gasteiger partial charge in [0.25, 0.3) is 0 Å². The Labute approximate surface area is 88.4 Å². The molecule has 0 aromatic carbocycles. The zero-order valence-electron chi connectivity index (χ0n) is 9.72. The van der Waals surface area contributed by atoms with Crippen LogP contribution in [0.2, 0.25) is 0 Å². The third-order valence-electron chi connectivity index (χ3n) is 3.42. The summed E-state index contributed by atoms with van der Waals surface area (Å²) in [7, 11) is 3.86. The molecule has 14 heavy (non-hydrogen) atoms. The molecule has 1 atom stereocenters. The van der Waals surface area contributed by atoms with Crippen LogP contribution in [-0.2, 0) is 4.74 Å². The molecule has 0 saturated heterocycles. The van der Waals surface area contributed by atoms with Crippen molar-refractivity contribution < 1.29 is 4.74 Å². The van der Waals surface area contributed by atoms with E-state index in [0.717, 1.165) is 18.9 Å². The van der Waals surface area contributed by atoms with E-state index in [4.69, 9.17) is 4.74 Å². The molecular formula is C12H25NO. The Balaban J connectivity index is 2.16. The highest BCUT2D eigenvalue weighted by molar-refractivity contribution is 4.73. The maximum absolute atomic E-state index is 5.12. The zero-order valence-corrected chi connectivity index (χ0v) is 9.72. The lowest BCUT2D eigenvalue weighted by Gasteiger charge is -2.26. The summed E-state index contributed by atoms with van der Waals surface area (Å²) in [5.74, 6) is 0.970. The molecule has 0 radical (unpaired) electrons. The number of hydrogen-bond donors (Lipinski definition) is 1. The number of nitrogens with one attached hydrogen (secondary N) is 1. The second-order valence-electron chi connectivity index (χ2n) is 4.51. The SMILES string of the molecule is CNC(CCOC)CC1CCCCC1. The molecule has 0 aromatic rings. The van der Waals surface area contributed by atoms with E-state index >= 15 is 0 Å². The van der Waals surface area contributed by atoms with Crippen LogP contribution in [0.4, 0.5) is 0 Å². The van der Waals surface area contributed by atoms with Crippen molar-refractivity contribution in [1.29, 1.82) is 0 Å². The van der Waals surface area contributed by atoms with Gasteiger partial charge in [0.1, 0.15) is 0 Å². The highest BCUT2D eigenvalue weighted by Crippen LogP contribution is 2.27. The van der Waals surface area contributed by atoms with E-state index in [1.54, 1.807) is 7.11 Å². The lowest BCUT2D eigenvalue weighted by molar-refractivity contribution is 0.175. The van der Waals surface area contributed by atoms with Crippen LogP contribution in [0, 0.1) is 5.92 Å². The van der Waals surface area contributed by atoms with Crippen molar-refractivity contribution in [2.24, 2.45) is 5.92 Å². The topological polar surface area (TPSA) is 21.3 Å². The Kier molecular flexibility index (Phi) is 6.20. The Morgan fingerprint density at radius 2 is 2.00 bits per heavy atom. The molecule has 1 fully saturated rings. The minimum Gasteiger partial charge on any atom is -0.385 e. The van der Waals surface area contributed by atoms with Crippen molar-refractivity contribution in [3.63, 3.8) is 0 Å². The molecule has 84 valence electrons. The van der Waals surface area contributed by atoms with E-state index in [-0.39, 0.29) is 0 Å². The quantitative estimate of drug-likeness (QED) is 0.710. The Morgan fingerprint density at radius 3 is 2.57 bits per heavy atom. The number of hydrogen-bond acceptors (Lipinski definition) is 2. The summed E-state index contributed by atoms with van der Waals surface area (Å²) in [5.41, 5.74) is 0. The van der Waals surface area contributed by atoms with Crippen molar-refractivity contribution in [2.75, 3.05) is 20.8 Å². The van der Waals surface area contributed by atoms with E-state index in [2.05, 4.69) is 12.4 Å². The largest absolute Gasteiger partial charge is 0.385 e. The predicted octanol–water partition coefficient (Wildman–Crippen LogP) is 2.58. The first-order valence-electron chi connectivity index (χ1n) is 6.03. The molecule has 1 saturated carbocycles. The second kappa shape index (κ2) is 7.24. The summed E-state index contributed by atoms with van der Waals surface area (Å²) in [6, 6.07) is 0.665. The van der Waals surface area contributed by atoms with Crippen LogP contribution in [0.1, 0.15) is 44.9 Å². The Hall–Kier alpha value is -0.0800. The van der Waals surface area contributed by atoms with Gasteiger partial charge in [0, 0.05) is 19.8 Å². The third-order valence-corrected chi connectivity index (χ3v) is 3.42. The highest BCUT2D eigenvalue weighted by atomic mass is 16.5. The van der Waals surface area contributed by atoms with E-state index in [0.29, 0.717) is 6.04 Å². The van der Waals surface area contributed by atoms with Crippen LogP contribution in [-0.4, -0.2) is 26.8 Å². The van der Waals surface area contributed by atoms with Crippen molar-refractivity contribution in [2.45, 2.75) is 51.0 Å². The van der Waals surface area contributed by atoms with Crippen LogP contribution in [0.5, 0.6) is 0 Å². The maximum atomic E-state index is 5.12. The fourth-order valence-electron chi connectivity index (χ4n) is 2.47. The lowest BCUT2D eigenvalue weighted by Crippen LogP contribution is -2.29. The van der Waals surface area contributed by atoms with Crippen molar-refractivity contribution in [3.8, 4) is 0 Å². The third kappa shape index (κ3) is 4.43. The van der Waals surface area contributed by atoms with E-state index in [1.165, 1.54) is 38.5 Å². The van der Waals surface area contributed by atoms with Crippen LogP contribution < -0.4 is 5.32 Å². The van der Waals surface area contributed by atoms with Gasteiger partial charge in [-0.05, 0) is 25.8 Å². The smallest absolute Gasteiger partial charge is 0.0477 e. The van der Waals surface area contributed by atoms with Gasteiger partial charge < -0.3 is 10.1 Å². The minimum atomic E-state index is 0.665. The molecule has 1 rings (SSSR count). The summed E-state index contributed by atoms with van der Waals surface area (Å²) >= 11 is 0. The first-order chi connectivity index (χ1) is 6.86. The molecule has 1 N–H and O–H groups in total. The molecular weight excluding hydrogens is 174 g/mol. The van der Waals surface area contributed by atoms with Gasteiger partial charge in [-0.3, -0.25) is 0 Å². The van der Waals surface area contributed by atoms with E-state index in [1.807, 2.05) is 0 Å². The number of ether oxygens (including phenoxy) is 1. The monoisotopic (exact) mass is 199 g/mol. The standard InChI is InChI=1S/C12H25NO/c1-13-12(8-9-14-2)10-11-6-4-3-5-7-11/h11-13H,3-10H2,1-2H3. The van der Waals surface area contributed by atoms with Crippen molar-refractivity contribution in [1.82, 2.24) is 5.32 Å². The Morgan fingerprint density at radius 1 is 1.29 bits per heavy atom. The summed E-state index contributed by atoms with van der Waals surface area (Å²) in [6.45, 7) is 0.887. The van der Waals surface area contributed by atoms with E-state index < -0.39 is 0 Å². The van der Waals surface area contributed by atoms with Gasteiger partial charge in [0.15, 0.2) is 0 Å². The van der Waals surface area contributed by atoms with Gasteiger partial charge in [0.05, 0.1) is 0 Å². The molecule has 2 heteroatoms. The van der Waals surface area contributed by atoms with Crippen LogP contribution in [0.3, 0.4) is 0 Å². The molecule has 2 nitrogen and oxygen atoms in total. The normalized spacial score (nSPS) is 21.0.